The molecule has 0 radical (unpaired) electrons. The van der Waals surface area contributed by atoms with Crippen LogP contribution in [-0.4, -0.2) is 32.6 Å². The molecule has 0 amide bonds. The van der Waals surface area contributed by atoms with Gasteiger partial charge < -0.3 is 9.64 Å². The highest BCUT2D eigenvalue weighted by atomic mass is 16.5. The Bertz CT molecular complexity index is 360. The predicted octanol–water partition coefficient (Wildman–Crippen LogP) is 3.16. The molecule has 0 saturated carbocycles. The molecule has 17 heavy (non-hydrogen) atoms. The van der Waals surface area contributed by atoms with Crippen LogP contribution in [0.2, 0.25) is 0 Å². The number of allylic oxidation sites excluding steroid dienone is 1. The summed E-state index contributed by atoms with van der Waals surface area (Å²) in [7, 11) is 5.90. The molecule has 2 atom stereocenters. The van der Waals surface area contributed by atoms with Crippen molar-refractivity contribution in [3.05, 3.63) is 42.5 Å². The number of methoxy groups -OCH3 is 1. The van der Waals surface area contributed by atoms with Crippen molar-refractivity contribution < 1.29 is 4.74 Å². The maximum atomic E-state index is 5.27. The Balaban J connectivity index is 2.88. The van der Waals surface area contributed by atoms with Gasteiger partial charge in [0, 0.05) is 12.5 Å². The first kappa shape index (κ1) is 13.8. The molecule has 2 nitrogen and oxygen atoms in total. The van der Waals surface area contributed by atoms with Crippen molar-refractivity contribution in [2.75, 3.05) is 27.7 Å². The molecule has 0 aliphatic rings. The van der Waals surface area contributed by atoms with Crippen LogP contribution >= 0.6 is 0 Å². The molecule has 0 heterocycles. The summed E-state index contributed by atoms with van der Waals surface area (Å²) in [5.74, 6) is 1.81. The molecule has 0 fully saturated rings. The molecule has 94 valence electrons. The van der Waals surface area contributed by atoms with E-state index in [-0.39, 0.29) is 0 Å². The smallest absolute Gasteiger partial charge is 0.119 e. The van der Waals surface area contributed by atoms with Gasteiger partial charge in [-0.25, -0.2) is 0 Å². The zero-order chi connectivity index (χ0) is 12.8. The summed E-state index contributed by atoms with van der Waals surface area (Å²) < 4.78 is 5.27. The molecular weight excluding hydrogens is 210 g/mol. The van der Waals surface area contributed by atoms with Gasteiger partial charge in [0.05, 0.1) is 7.11 Å². The van der Waals surface area contributed by atoms with Gasteiger partial charge in [-0.2, -0.15) is 0 Å². The van der Waals surface area contributed by atoms with Crippen LogP contribution in [0.3, 0.4) is 0 Å². The van der Waals surface area contributed by atoms with E-state index in [0.717, 1.165) is 12.3 Å². The summed E-state index contributed by atoms with van der Waals surface area (Å²) in [6, 6.07) is 8.24. The molecule has 0 bridgehead atoms. The van der Waals surface area contributed by atoms with Gasteiger partial charge in [0.15, 0.2) is 0 Å². The Morgan fingerprint density at radius 2 is 2.12 bits per heavy atom. The molecule has 0 aliphatic carbocycles. The van der Waals surface area contributed by atoms with Crippen LogP contribution in [0.25, 0.3) is 0 Å². The summed E-state index contributed by atoms with van der Waals surface area (Å²) in [5.41, 5.74) is 1.27. The first-order chi connectivity index (χ1) is 8.08. The largest absolute Gasteiger partial charge is 0.497 e. The monoisotopic (exact) mass is 233 g/mol. The highest BCUT2D eigenvalue weighted by molar-refractivity contribution is 5.33. The van der Waals surface area contributed by atoms with Gasteiger partial charge in [0.1, 0.15) is 5.75 Å². The van der Waals surface area contributed by atoms with Crippen molar-refractivity contribution in [2.45, 2.75) is 12.8 Å². The van der Waals surface area contributed by atoms with Crippen molar-refractivity contribution in [1.82, 2.24) is 4.90 Å². The number of hydrogen-bond donors (Lipinski definition) is 0. The Kier molecular flexibility index (Phi) is 5.23. The van der Waals surface area contributed by atoms with Crippen molar-refractivity contribution in [3.63, 3.8) is 0 Å². The highest BCUT2D eigenvalue weighted by Crippen LogP contribution is 2.28. The molecule has 0 saturated heterocycles. The maximum absolute atomic E-state index is 5.27. The van der Waals surface area contributed by atoms with Crippen LogP contribution in [0, 0.1) is 5.92 Å². The third-order valence-electron chi connectivity index (χ3n) is 3.00. The summed E-state index contributed by atoms with van der Waals surface area (Å²) in [6.45, 7) is 7.27. The van der Waals surface area contributed by atoms with Crippen LogP contribution in [0.5, 0.6) is 5.75 Å². The van der Waals surface area contributed by atoms with Crippen molar-refractivity contribution in [1.29, 1.82) is 0 Å². The zero-order valence-electron chi connectivity index (χ0n) is 11.3. The first-order valence-corrected chi connectivity index (χ1v) is 5.99. The summed E-state index contributed by atoms with van der Waals surface area (Å²) >= 11 is 0. The van der Waals surface area contributed by atoms with Gasteiger partial charge in [-0.1, -0.05) is 25.1 Å². The fourth-order valence-corrected chi connectivity index (χ4v) is 2.24. The molecular formula is C15H23NO. The van der Waals surface area contributed by atoms with E-state index in [9.17, 15) is 0 Å². The quantitative estimate of drug-likeness (QED) is 0.700. The SMILES string of the molecule is C=C[C@@H](c1cccc(OC)c1)[C@@H](C)CN(C)C. The molecule has 1 aromatic carbocycles. The van der Waals surface area contributed by atoms with Crippen LogP contribution in [0.15, 0.2) is 36.9 Å². The molecule has 1 rings (SSSR count). The minimum absolute atomic E-state index is 0.368. The van der Waals surface area contributed by atoms with Crippen molar-refractivity contribution in [3.8, 4) is 5.75 Å². The standard InChI is InChI=1S/C15H23NO/c1-6-15(12(2)11-16(3)4)13-8-7-9-14(10-13)17-5/h6-10,12,15H,1,11H2,2-5H3/t12-,15+/m0/s1. The molecule has 0 aliphatic heterocycles. The second kappa shape index (κ2) is 6.45. The van der Waals surface area contributed by atoms with E-state index in [4.69, 9.17) is 4.74 Å². The summed E-state index contributed by atoms with van der Waals surface area (Å²) in [4.78, 5) is 2.21. The van der Waals surface area contributed by atoms with Gasteiger partial charge in [-0.3, -0.25) is 0 Å². The molecule has 1 aromatic rings. The minimum Gasteiger partial charge on any atom is -0.497 e. The maximum Gasteiger partial charge on any atom is 0.119 e. The molecule has 0 N–H and O–H groups in total. The normalized spacial score (nSPS) is 14.4. The number of rotatable bonds is 6. The first-order valence-electron chi connectivity index (χ1n) is 5.99. The van der Waals surface area contributed by atoms with Crippen molar-refractivity contribution >= 4 is 0 Å². The lowest BCUT2D eigenvalue weighted by Crippen LogP contribution is -2.23. The van der Waals surface area contributed by atoms with Gasteiger partial charge in [0.2, 0.25) is 0 Å². The lowest BCUT2D eigenvalue weighted by atomic mass is 9.87. The van der Waals surface area contributed by atoms with E-state index in [1.807, 2.05) is 18.2 Å². The molecule has 0 spiro atoms. The second-order valence-corrected chi connectivity index (χ2v) is 4.78. The minimum atomic E-state index is 0.368. The molecule has 2 heteroatoms. The van der Waals surface area contributed by atoms with Crippen LogP contribution in [0.1, 0.15) is 18.4 Å². The number of nitrogens with zero attached hydrogens (tertiary/aromatic N) is 1. The summed E-state index contributed by atoms with van der Waals surface area (Å²) in [5, 5.41) is 0. The van der Waals surface area contributed by atoms with E-state index >= 15 is 0 Å². The Morgan fingerprint density at radius 3 is 2.65 bits per heavy atom. The highest BCUT2D eigenvalue weighted by Gasteiger charge is 2.17. The lowest BCUT2D eigenvalue weighted by Gasteiger charge is -2.24. The van der Waals surface area contributed by atoms with Gasteiger partial charge in [0.25, 0.3) is 0 Å². The topological polar surface area (TPSA) is 12.5 Å². The third kappa shape index (κ3) is 3.90. The fraction of sp³-hybridized carbons (Fsp3) is 0.467. The van der Waals surface area contributed by atoms with E-state index in [0.29, 0.717) is 11.8 Å². The number of hydrogen-bond acceptors (Lipinski definition) is 2. The van der Waals surface area contributed by atoms with E-state index < -0.39 is 0 Å². The number of benzene rings is 1. The van der Waals surface area contributed by atoms with Crippen LogP contribution < -0.4 is 4.74 Å². The van der Waals surface area contributed by atoms with Crippen LogP contribution in [0.4, 0.5) is 0 Å². The lowest BCUT2D eigenvalue weighted by molar-refractivity contribution is 0.323. The predicted molar refractivity (Wildman–Crippen MR) is 73.7 cm³/mol. The van der Waals surface area contributed by atoms with Gasteiger partial charge in [-0.05, 0) is 37.7 Å². The summed E-state index contributed by atoms with van der Waals surface area (Å²) in [6.07, 6.45) is 2.03. The third-order valence-corrected chi connectivity index (χ3v) is 3.00. The van der Waals surface area contributed by atoms with Crippen LogP contribution in [-0.2, 0) is 0 Å². The second-order valence-electron chi connectivity index (χ2n) is 4.78. The molecule has 0 aromatic heterocycles. The number of ether oxygens (including phenoxy) is 1. The van der Waals surface area contributed by atoms with E-state index in [1.54, 1.807) is 7.11 Å². The zero-order valence-corrected chi connectivity index (χ0v) is 11.3. The Morgan fingerprint density at radius 1 is 1.41 bits per heavy atom. The van der Waals surface area contributed by atoms with E-state index in [1.165, 1.54) is 5.56 Å². The van der Waals surface area contributed by atoms with Gasteiger partial charge in [-0.15, -0.1) is 6.58 Å². The molecule has 0 unspecified atom stereocenters. The fourth-order valence-electron chi connectivity index (χ4n) is 2.24. The average molecular weight is 233 g/mol. The Labute approximate surface area is 105 Å². The Hall–Kier alpha value is -1.28. The van der Waals surface area contributed by atoms with E-state index in [2.05, 4.69) is 44.6 Å². The van der Waals surface area contributed by atoms with Gasteiger partial charge >= 0.3 is 0 Å². The average Bonchev–Trinajstić information content (AvgIpc) is 2.29. The van der Waals surface area contributed by atoms with Crippen molar-refractivity contribution in [2.24, 2.45) is 5.92 Å².